The van der Waals surface area contributed by atoms with Crippen LogP contribution in [0.25, 0.3) is 5.69 Å². The predicted molar refractivity (Wildman–Crippen MR) is 63.6 cm³/mol. The molecule has 3 nitrogen and oxygen atoms in total. The van der Waals surface area contributed by atoms with E-state index in [-0.39, 0.29) is 0 Å². The summed E-state index contributed by atoms with van der Waals surface area (Å²) >= 11 is 0. The van der Waals surface area contributed by atoms with Gasteiger partial charge in [-0.3, -0.25) is 0 Å². The van der Waals surface area contributed by atoms with E-state index in [4.69, 9.17) is 0 Å². The van der Waals surface area contributed by atoms with Gasteiger partial charge >= 0.3 is 0 Å². The van der Waals surface area contributed by atoms with E-state index in [1.54, 1.807) is 6.07 Å². The van der Waals surface area contributed by atoms with Crippen LogP contribution < -0.4 is 5.32 Å². The lowest BCUT2D eigenvalue weighted by Crippen LogP contribution is -2.24. The number of benzene rings is 1. The molecule has 1 aliphatic rings. The summed E-state index contributed by atoms with van der Waals surface area (Å²) in [7, 11) is 0. The molecule has 3 rings (SSSR count). The van der Waals surface area contributed by atoms with Gasteiger partial charge in [-0.15, -0.1) is 0 Å². The van der Waals surface area contributed by atoms with Crippen molar-refractivity contribution >= 4 is 0 Å². The Morgan fingerprint density at radius 1 is 1.28 bits per heavy atom. The molecule has 5 heteroatoms. The highest BCUT2D eigenvalue weighted by atomic mass is 19.2. The Morgan fingerprint density at radius 3 is 2.89 bits per heavy atom. The van der Waals surface area contributed by atoms with Crippen LogP contribution in [-0.2, 0) is 13.0 Å². The number of hydrogen-bond donors (Lipinski definition) is 1. The monoisotopic (exact) mass is 249 g/mol. The standard InChI is InChI=1S/C13H13F2N3/c1-8-17-12-7-16-5-4-13(12)18(8)9-2-3-10(14)11(15)6-9/h2-3,6,16H,4-5,7H2,1H3. The number of hydrogen-bond acceptors (Lipinski definition) is 2. The van der Waals surface area contributed by atoms with E-state index in [0.29, 0.717) is 5.69 Å². The second kappa shape index (κ2) is 4.17. The van der Waals surface area contributed by atoms with E-state index in [0.717, 1.165) is 42.8 Å². The maximum Gasteiger partial charge on any atom is 0.160 e. The largest absolute Gasteiger partial charge is 0.311 e. The normalized spacial score (nSPS) is 14.6. The van der Waals surface area contributed by atoms with Crippen molar-refractivity contribution in [1.82, 2.24) is 14.9 Å². The summed E-state index contributed by atoms with van der Waals surface area (Å²) in [6.07, 6.45) is 0.842. The van der Waals surface area contributed by atoms with Crippen LogP contribution in [0.1, 0.15) is 17.2 Å². The molecule has 2 aromatic rings. The first-order valence-corrected chi connectivity index (χ1v) is 5.90. The number of nitrogens with one attached hydrogen (secondary N) is 1. The van der Waals surface area contributed by atoms with Crippen LogP contribution in [0.2, 0.25) is 0 Å². The molecule has 0 bridgehead atoms. The highest BCUT2D eigenvalue weighted by Gasteiger charge is 2.19. The molecule has 0 spiro atoms. The van der Waals surface area contributed by atoms with Gasteiger partial charge in [0.25, 0.3) is 0 Å². The first kappa shape index (κ1) is 11.3. The minimum atomic E-state index is -0.830. The minimum absolute atomic E-state index is 0.627. The summed E-state index contributed by atoms with van der Waals surface area (Å²) in [5, 5.41) is 3.24. The van der Waals surface area contributed by atoms with Crippen LogP contribution in [0.15, 0.2) is 18.2 Å². The molecular weight excluding hydrogens is 236 g/mol. The summed E-state index contributed by atoms with van der Waals surface area (Å²) < 4.78 is 28.2. The number of imidazole rings is 1. The number of nitrogens with zero attached hydrogens (tertiary/aromatic N) is 2. The fourth-order valence-electron chi connectivity index (χ4n) is 2.41. The van der Waals surface area contributed by atoms with Gasteiger partial charge in [0, 0.05) is 31.3 Å². The molecule has 1 aliphatic heterocycles. The third kappa shape index (κ3) is 1.71. The van der Waals surface area contributed by atoms with Crippen molar-refractivity contribution in [2.75, 3.05) is 6.54 Å². The Hall–Kier alpha value is -1.75. The van der Waals surface area contributed by atoms with E-state index < -0.39 is 11.6 Å². The average molecular weight is 249 g/mol. The van der Waals surface area contributed by atoms with Crippen LogP contribution >= 0.6 is 0 Å². The van der Waals surface area contributed by atoms with Gasteiger partial charge < -0.3 is 9.88 Å². The van der Waals surface area contributed by atoms with Crippen LogP contribution in [0.3, 0.4) is 0 Å². The van der Waals surface area contributed by atoms with Gasteiger partial charge in [-0.05, 0) is 19.1 Å². The maximum atomic E-state index is 13.3. The van der Waals surface area contributed by atoms with Crippen molar-refractivity contribution in [1.29, 1.82) is 0 Å². The Labute approximate surface area is 103 Å². The van der Waals surface area contributed by atoms with E-state index in [9.17, 15) is 8.78 Å². The smallest absolute Gasteiger partial charge is 0.160 e. The number of fused-ring (bicyclic) bond motifs is 1. The third-order valence-electron chi connectivity index (χ3n) is 3.22. The number of halogens is 2. The Kier molecular flexibility index (Phi) is 2.63. The molecule has 2 heterocycles. The van der Waals surface area contributed by atoms with Gasteiger partial charge in [-0.2, -0.15) is 0 Å². The molecule has 94 valence electrons. The quantitative estimate of drug-likeness (QED) is 0.838. The number of aryl methyl sites for hydroxylation is 1. The molecule has 0 radical (unpaired) electrons. The lowest BCUT2D eigenvalue weighted by atomic mass is 10.1. The zero-order chi connectivity index (χ0) is 12.7. The summed E-state index contributed by atoms with van der Waals surface area (Å²) in [6, 6.07) is 3.94. The Bertz CT molecular complexity index is 605. The third-order valence-corrected chi connectivity index (χ3v) is 3.22. The maximum absolute atomic E-state index is 13.3. The summed E-state index contributed by atoms with van der Waals surface area (Å²) in [5.41, 5.74) is 2.70. The molecular formula is C13H13F2N3. The number of aromatic nitrogens is 2. The fraction of sp³-hybridized carbons (Fsp3) is 0.308. The van der Waals surface area contributed by atoms with Crippen molar-refractivity contribution in [3.63, 3.8) is 0 Å². The predicted octanol–water partition coefficient (Wildman–Crippen LogP) is 2.10. The van der Waals surface area contributed by atoms with Crippen LogP contribution in [0.5, 0.6) is 0 Å². The molecule has 0 unspecified atom stereocenters. The van der Waals surface area contributed by atoms with Gasteiger partial charge in [0.2, 0.25) is 0 Å². The second-order valence-electron chi connectivity index (χ2n) is 4.41. The lowest BCUT2D eigenvalue weighted by molar-refractivity contribution is 0.507. The van der Waals surface area contributed by atoms with Gasteiger partial charge in [-0.25, -0.2) is 13.8 Å². The highest BCUT2D eigenvalue weighted by molar-refractivity contribution is 5.39. The van der Waals surface area contributed by atoms with E-state index >= 15 is 0 Å². The highest BCUT2D eigenvalue weighted by Crippen LogP contribution is 2.22. The molecule has 0 aliphatic carbocycles. The topological polar surface area (TPSA) is 29.9 Å². The van der Waals surface area contributed by atoms with Gasteiger partial charge in [0.15, 0.2) is 11.6 Å². The van der Waals surface area contributed by atoms with Crippen LogP contribution in [0.4, 0.5) is 8.78 Å². The van der Waals surface area contributed by atoms with Crippen LogP contribution in [-0.4, -0.2) is 16.1 Å². The fourth-order valence-corrected chi connectivity index (χ4v) is 2.41. The summed E-state index contributed by atoms with van der Waals surface area (Å²) in [4.78, 5) is 4.46. The summed E-state index contributed by atoms with van der Waals surface area (Å²) in [5.74, 6) is -0.856. The van der Waals surface area contributed by atoms with Crippen molar-refractivity contribution in [3.8, 4) is 5.69 Å². The average Bonchev–Trinajstić information content (AvgIpc) is 2.69. The lowest BCUT2D eigenvalue weighted by Gasteiger charge is -2.16. The number of rotatable bonds is 1. The molecule has 1 aromatic heterocycles. The molecule has 0 saturated carbocycles. The second-order valence-corrected chi connectivity index (χ2v) is 4.41. The molecule has 0 atom stereocenters. The Morgan fingerprint density at radius 2 is 2.11 bits per heavy atom. The van der Waals surface area contributed by atoms with Crippen molar-refractivity contribution < 1.29 is 8.78 Å². The SMILES string of the molecule is Cc1nc2c(n1-c1ccc(F)c(F)c1)CCNC2. The van der Waals surface area contributed by atoms with Crippen molar-refractivity contribution in [2.45, 2.75) is 19.9 Å². The Balaban J connectivity index is 2.16. The molecule has 0 saturated heterocycles. The summed E-state index contributed by atoms with van der Waals surface area (Å²) in [6.45, 7) is 3.48. The first-order valence-electron chi connectivity index (χ1n) is 5.90. The zero-order valence-corrected chi connectivity index (χ0v) is 10.0. The van der Waals surface area contributed by atoms with Gasteiger partial charge in [0.1, 0.15) is 5.82 Å². The van der Waals surface area contributed by atoms with E-state index in [1.165, 1.54) is 6.07 Å². The van der Waals surface area contributed by atoms with Crippen LogP contribution in [0, 0.1) is 18.6 Å². The van der Waals surface area contributed by atoms with Gasteiger partial charge in [-0.1, -0.05) is 0 Å². The van der Waals surface area contributed by atoms with E-state index in [1.807, 2.05) is 11.5 Å². The van der Waals surface area contributed by atoms with Crippen molar-refractivity contribution in [3.05, 3.63) is 47.0 Å². The molecule has 0 fully saturated rings. The van der Waals surface area contributed by atoms with E-state index in [2.05, 4.69) is 10.3 Å². The zero-order valence-electron chi connectivity index (χ0n) is 10.0. The minimum Gasteiger partial charge on any atom is -0.311 e. The molecule has 1 aromatic carbocycles. The molecule has 1 N–H and O–H groups in total. The van der Waals surface area contributed by atoms with Gasteiger partial charge in [0.05, 0.1) is 11.4 Å². The molecule has 0 amide bonds. The van der Waals surface area contributed by atoms with Crippen molar-refractivity contribution in [2.24, 2.45) is 0 Å². The molecule has 18 heavy (non-hydrogen) atoms. The first-order chi connectivity index (χ1) is 8.66.